The molecule has 1 aromatic carbocycles. The molecule has 1 atom stereocenters. The minimum atomic E-state index is -0.188. The predicted octanol–water partition coefficient (Wildman–Crippen LogP) is 4.94. The van der Waals surface area contributed by atoms with Gasteiger partial charge in [0.1, 0.15) is 5.82 Å². The molecule has 19 heavy (non-hydrogen) atoms. The van der Waals surface area contributed by atoms with Gasteiger partial charge in [-0.2, -0.15) is 0 Å². The molecule has 1 N–H and O–H groups in total. The minimum absolute atomic E-state index is 0.188. The van der Waals surface area contributed by atoms with Crippen LogP contribution in [0.1, 0.15) is 45.6 Å². The van der Waals surface area contributed by atoms with E-state index >= 15 is 0 Å². The first-order valence-corrected chi connectivity index (χ1v) is 7.99. The summed E-state index contributed by atoms with van der Waals surface area (Å²) in [5.74, 6) is 0.515. The molecule has 0 aliphatic rings. The van der Waals surface area contributed by atoms with E-state index in [4.69, 9.17) is 0 Å². The second-order valence-electron chi connectivity index (χ2n) is 5.57. The molecule has 1 aromatic rings. The smallest absolute Gasteiger partial charge is 0.137 e. The minimum Gasteiger partial charge on any atom is -0.314 e. The summed E-state index contributed by atoms with van der Waals surface area (Å²) in [6.07, 6.45) is 4.46. The van der Waals surface area contributed by atoms with Gasteiger partial charge in [-0.15, -0.1) is 0 Å². The monoisotopic (exact) mass is 329 g/mol. The standard InChI is InChI=1S/C16H25BrFN/c1-4-9-19-14(10-12(2)3)7-5-13-6-8-16(18)15(17)11-13/h6,8,11-12,14,19H,4-5,7,9-10H2,1-3H3. The molecule has 0 heterocycles. The summed E-state index contributed by atoms with van der Waals surface area (Å²) >= 11 is 3.24. The molecule has 0 amide bonds. The quantitative estimate of drug-likeness (QED) is 0.712. The summed E-state index contributed by atoms with van der Waals surface area (Å²) in [5, 5.41) is 3.61. The average molecular weight is 330 g/mol. The lowest BCUT2D eigenvalue weighted by atomic mass is 9.97. The Morgan fingerprint density at radius 2 is 2.05 bits per heavy atom. The van der Waals surface area contributed by atoms with E-state index in [1.54, 1.807) is 0 Å². The first kappa shape index (κ1) is 16.6. The van der Waals surface area contributed by atoms with E-state index in [2.05, 4.69) is 42.0 Å². The lowest BCUT2D eigenvalue weighted by Gasteiger charge is -2.20. The Hall–Kier alpha value is -0.410. The van der Waals surface area contributed by atoms with Gasteiger partial charge in [-0.05, 0) is 71.8 Å². The average Bonchev–Trinajstić information content (AvgIpc) is 2.36. The number of benzene rings is 1. The molecular weight excluding hydrogens is 305 g/mol. The molecule has 0 saturated heterocycles. The Kier molecular flexibility index (Phi) is 7.62. The van der Waals surface area contributed by atoms with Gasteiger partial charge in [0.05, 0.1) is 4.47 Å². The predicted molar refractivity (Wildman–Crippen MR) is 84.0 cm³/mol. The van der Waals surface area contributed by atoms with Crippen molar-refractivity contribution in [3.63, 3.8) is 0 Å². The van der Waals surface area contributed by atoms with Gasteiger partial charge >= 0.3 is 0 Å². The number of halogens is 2. The van der Waals surface area contributed by atoms with Crippen molar-refractivity contribution in [2.24, 2.45) is 5.92 Å². The van der Waals surface area contributed by atoms with Crippen molar-refractivity contribution in [2.75, 3.05) is 6.54 Å². The Labute approximate surface area is 125 Å². The first-order valence-electron chi connectivity index (χ1n) is 7.20. The van der Waals surface area contributed by atoms with Crippen LogP contribution < -0.4 is 5.32 Å². The maximum absolute atomic E-state index is 13.2. The van der Waals surface area contributed by atoms with E-state index in [1.165, 1.54) is 18.1 Å². The molecule has 1 rings (SSSR count). The Bertz CT molecular complexity index is 379. The van der Waals surface area contributed by atoms with Gasteiger partial charge in [0.15, 0.2) is 0 Å². The van der Waals surface area contributed by atoms with Crippen LogP contribution in [0.4, 0.5) is 4.39 Å². The Balaban J connectivity index is 2.51. The third-order valence-corrected chi connectivity index (χ3v) is 3.81. The second-order valence-corrected chi connectivity index (χ2v) is 6.42. The summed E-state index contributed by atoms with van der Waals surface area (Å²) < 4.78 is 13.7. The van der Waals surface area contributed by atoms with Gasteiger partial charge in [0, 0.05) is 6.04 Å². The van der Waals surface area contributed by atoms with Crippen LogP contribution in [0.15, 0.2) is 22.7 Å². The van der Waals surface area contributed by atoms with E-state index in [1.807, 2.05) is 12.1 Å². The number of nitrogens with one attached hydrogen (secondary N) is 1. The van der Waals surface area contributed by atoms with Crippen LogP contribution in [0.5, 0.6) is 0 Å². The fourth-order valence-corrected chi connectivity index (χ4v) is 2.68. The van der Waals surface area contributed by atoms with E-state index in [-0.39, 0.29) is 5.82 Å². The van der Waals surface area contributed by atoms with E-state index < -0.39 is 0 Å². The van der Waals surface area contributed by atoms with Crippen LogP contribution in [0.2, 0.25) is 0 Å². The molecule has 0 aliphatic carbocycles. The van der Waals surface area contributed by atoms with Crippen LogP contribution in [-0.4, -0.2) is 12.6 Å². The van der Waals surface area contributed by atoms with Crippen molar-refractivity contribution in [3.8, 4) is 0 Å². The van der Waals surface area contributed by atoms with Gasteiger partial charge in [-0.1, -0.05) is 26.8 Å². The number of rotatable bonds is 8. The molecule has 1 nitrogen and oxygen atoms in total. The second kappa shape index (κ2) is 8.70. The molecular formula is C16H25BrFN. The lowest BCUT2D eigenvalue weighted by molar-refractivity contribution is 0.398. The van der Waals surface area contributed by atoms with E-state index in [9.17, 15) is 4.39 Å². The normalized spacial score (nSPS) is 12.9. The molecule has 0 radical (unpaired) electrons. The van der Waals surface area contributed by atoms with Crippen molar-refractivity contribution < 1.29 is 4.39 Å². The fraction of sp³-hybridized carbons (Fsp3) is 0.625. The lowest BCUT2D eigenvalue weighted by Crippen LogP contribution is -2.31. The zero-order valence-corrected chi connectivity index (χ0v) is 13.8. The molecule has 0 bridgehead atoms. The number of hydrogen-bond donors (Lipinski definition) is 1. The highest BCUT2D eigenvalue weighted by Crippen LogP contribution is 2.19. The molecule has 0 saturated carbocycles. The van der Waals surface area contributed by atoms with Crippen LogP contribution >= 0.6 is 15.9 Å². The summed E-state index contributed by atoms with van der Waals surface area (Å²) in [6.45, 7) is 7.78. The molecule has 108 valence electrons. The zero-order chi connectivity index (χ0) is 14.3. The highest BCUT2D eigenvalue weighted by atomic mass is 79.9. The van der Waals surface area contributed by atoms with Gasteiger partial charge in [0.2, 0.25) is 0 Å². The largest absolute Gasteiger partial charge is 0.314 e. The zero-order valence-electron chi connectivity index (χ0n) is 12.2. The maximum Gasteiger partial charge on any atom is 0.137 e. The number of hydrogen-bond acceptors (Lipinski definition) is 1. The van der Waals surface area contributed by atoms with Crippen molar-refractivity contribution in [1.29, 1.82) is 0 Å². The SMILES string of the molecule is CCCNC(CCc1ccc(F)c(Br)c1)CC(C)C. The van der Waals surface area contributed by atoms with Gasteiger partial charge in [-0.25, -0.2) is 4.39 Å². The number of aryl methyl sites for hydroxylation is 1. The molecule has 3 heteroatoms. The third-order valence-electron chi connectivity index (χ3n) is 3.20. The molecule has 1 unspecified atom stereocenters. The van der Waals surface area contributed by atoms with Crippen molar-refractivity contribution in [1.82, 2.24) is 5.32 Å². The highest BCUT2D eigenvalue weighted by Gasteiger charge is 2.10. The van der Waals surface area contributed by atoms with Crippen LogP contribution in [-0.2, 0) is 6.42 Å². The Morgan fingerprint density at radius 3 is 2.63 bits per heavy atom. The van der Waals surface area contributed by atoms with Gasteiger partial charge in [-0.3, -0.25) is 0 Å². The molecule has 0 aliphatic heterocycles. The van der Waals surface area contributed by atoms with Crippen LogP contribution in [0, 0.1) is 11.7 Å². The van der Waals surface area contributed by atoms with Crippen molar-refractivity contribution in [2.45, 2.75) is 52.5 Å². The van der Waals surface area contributed by atoms with E-state index in [0.717, 1.165) is 25.8 Å². The summed E-state index contributed by atoms with van der Waals surface area (Å²) in [4.78, 5) is 0. The van der Waals surface area contributed by atoms with Gasteiger partial charge < -0.3 is 5.32 Å². The fourth-order valence-electron chi connectivity index (χ4n) is 2.26. The molecule has 0 aromatic heterocycles. The molecule has 0 fully saturated rings. The summed E-state index contributed by atoms with van der Waals surface area (Å²) in [5.41, 5.74) is 1.19. The van der Waals surface area contributed by atoms with Crippen LogP contribution in [0.3, 0.4) is 0 Å². The van der Waals surface area contributed by atoms with Crippen molar-refractivity contribution in [3.05, 3.63) is 34.1 Å². The molecule has 0 spiro atoms. The first-order chi connectivity index (χ1) is 9.02. The van der Waals surface area contributed by atoms with Crippen LogP contribution in [0.25, 0.3) is 0 Å². The van der Waals surface area contributed by atoms with E-state index in [0.29, 0.717) is 16.4 Å². The van der Waals surface area contributed by atoms with Gasteiger partial charge in [0.25, 0.3) is 0 Å². The topological polar surface area (TPSA) is 12.0 Å². The Morgan fingerprint density at radius 1 is 1.32 bits per heavy atom. The highest BCUT2D eigenvalue weighted by molar-refractivity contribution is 9.10. The summed E-state index contributed by atoms with van der Waals surface area (Å²) in [6, 6.07) is 5.87. The van der Waals surface area contributed by atoms with Crippen molar-refractivity contribution >= 4 is 15.9 Å². The third kappa shape index (κ3) is 6.53. The summed E-state index contributed by atoms with van der Waals surface area (Å²) in [7, 11) is 0. The maximum atomic E-state index is 13.2.